The SMILES string of the molecule is CN(Cc1nc(-c2ccc(C(C)(C)C)cc2)n(C)n1)C1CC1. The van der Waals surface area contributed by atoms with Gasteiger partial charge >= 0.3 is 0 Å². The molecule has 1 aromatic heterocycles. The van der Waals surface area contributed by atoms with Gasteiger partial charge in [-0.15, -0.1) is 0 Å². The van der Waals surface area contributed by atoms with Gasteiger partial charge in [0.05, 0.1) is 6.54 Å². The highest BCUT2D eigenvalue weighted by Crippen LogP contribution is 2.27. The first-order valence-corrected chi connectivity index (χ1v) is 8.05. The van der Waals surface area contributed by atoms with Gasteiger partial charge in [0.15, 0.2) is 11.6 Å². The standard InChI is InChI=1S/C18H26N4/c1-18(2,3)14-8-6-13(7-9-14)17-19-16(20-22(17)5)12-21(4)15-10-11-15/h6-9,15H,10-12H2,1-5H3. The monoisotopic (exact) mass is 298 g/mol. The van der Waals surface area contributed by atoms with Crippen molar-refractivity contribution in [3.63, 3.8) is 0 Å². The zero-order valence-corrected chi connectivity index (χ0v) is 14.3. The van der Waals surface area contributed by atoms with E-state index in [1.165, 1.54) is 18.4 Å². The molecule has 0 spiro atoms. The first kappa shape index (κ1) is 15.2. The zero-order chi connectivity index (χ0) is 15.9. The third kappa shape index (κ3) is 3.22. The van der Waals surface area contributed by atoms with Crippen molar-refractivity contribution in [3.8, 4) is 11.4 Å². The van der Waals surface area contributed by atoms with Crippen LogP contribution in [0.2, 0.25) is 0 Å². The Bertz CT molecular complexity index is 645. The maximum absolute atomic E-state index is 4.73. The highest BCUT2D eigenvalue weighted by Gasteiger charge is 2.27. The molecule has 1 heterocycles. The summed E-state index contributed by atoms with van der Waals surface area (Å²) in [6.07, 6.45) is 2.62. The Morgan fingerprint density at radius 2 is 1.82 bits per heavy atom. The Labute approximate surface area is 133 Å². The minimum Gasteiger partial charge on any atom is -0.296 e. The largest absolute Gasteiger partial charge is 0.296 e. The van der Waals surface area contributed by atoms with E-state index in [9.17, 15) is 0 Å². The van der Waals surface area contributed by atoms with Crippen molar-refractivity contribution in [1.29, 1.82) is 0 Å². The minimum absolute atomic E-state index is 0.177. The summed E-state index contributed by atoms with van der Waals surface area (Å²) in [5.74, 6) is 1.85. The number of hydrogen-bond donors (Lipinski definition) is 0. The van der Waals surface area contributed by atoms with Crippen LogP contribution in [-0.4, -0.2) is 32.8 Å². The van der Waals surface area contributed by atoms with Crippen LogP contribution in [0.15, 0.2) is 24.3 Å². The summed E-state index contributed by atoms with van der Waals surface area (Å²) in [4.78, 5) is 7.08. The van der Waals surface area contributed by atoms with Crippen molar-refractivity contribution in [2.24, 2.45) is 7.05 Å². The van der Waals surface area contributed by atoms with Crippen LogP contribution in [0.3, 0.4) is 0 Å². The molecule has 1 saturated carbocycles. The second kappa shape index (κ2) is 5.51. The van der Waals surface area contributed by atoms with Crippen LogP contribution in [-0.2, 0) is 19.0 Å². The molecule has 0 atom stereocenters. The summed E-state index contributed by atoms with van der Waals surface area (Å²) >= 11 is 0. The predicted molar refractivity (Wildman–Crippen MR) is 89.6 cm³/mol. The molecule has 0 aliphatic heterocycles. The Morgan fingerprint density at radius 1 is 1.18 bits per heavy atom. The lowest BCUT2D eigenvalue weighted by Crippen LogP contribution is -2.20. The fraction of sp³-hybridized carbons (Fsp3) is 0.556. The van der Waals surface area contributed by atoms with Gasteiger partial charge in [-0.2, -0.15) is 5.10 Å². The number of nitrogens with zero attached hydrogens (tertiary/aromatic N) is 4. The molecule has 0 unspecified atom stereocenters. The second-order valence-electron chi connectivity index (χ2n) is 7.45. The molecule has 2 aromatic rings. The average molecular weight is 298 g/mol. The third-order valence-corrected chi connectivity index (χ3v) is 4.38. The van der Waals surface area contributed by atoms with Gasteiger partial charge in [0.2, 0.25) is 0 Å². The van der Waals surface area contributed by atoms with E-state index in [2.05, 4.69) is 62.1 Å². The molecule has 0 bridgehead atoms. The molecule has 1 aliphatic carbocycles. The van der Waals surface area contributed by atoms with Crippen LogP contribution in [0.1, 0.15) is 45.0 Å². The van der Waals surface area contributed by atoms with E-state index in [4.69, 9.17) is 4.98 Å². The third-order valence-electron chi connectivity index (χ3n) is 4.38. The molecular formula is C18H26N4. The first-order valence-electron chi connectivity index (χ1n) is 8.05. The van der Waals surface area contributed by atoms with Crippen LogP contribution in [0.25, 0.3) is 11.4 Å². The molecule has 4 heteroatoms. The summed E-state index contributed by atoms with van der Waals surface area (Å²) in [7, 11) is 4.13. The van der Waals surface area contributed by atoms with Gasteiger partial charge in [-0.3, -0.25) is 4.90 Å². The molecule has 4 nitrogen and oxygen atoms in total. The fourth-order valence-electron chi connectivity index (χ4n) is 2.74. The zero-order valence-electron chi connectivity index (χ0n) is 14.3. The number of benzene rings is 1. The van der Waals surface area contributed by atoms with E-state index in [1.54, 1.807) is 0 Å². The van der Waals surface area contributed by atoms with Gasteiger partial charge in [-0.25, -0.2) is 9.67 Å². The summed E-state index contributed by atoms with van der Waals surface area (Å²) in [5, 5.41) is 4.57. The van der Waals surface area contributed by atoms with Crippen molar-refractivity contribution in [2.75, 3.05) is 7.05 Å². The van der Waals surface area contributed by atoms with E-state index < -0.39 is 0 Å². The van der Waals surface area contributed by atoms with Gasteiger partial charge in [0, 0.05) is 18.7 Å². The molecule has 22 heavy (non-hydrogen) atoms. The lowest BCUT2D eigenvalue weighted by molar-refractivity contribution is 0.308. The van der Waals surface area contributed by atoms with E-state index in [-0.39, 0.29) is 5.41 Å². The molecular weight excluding hydrogens is 272 g/mol. The van der Waals surface area contributed by atoms with Crippen LogP contribution in [0, 0.1) is 0 Å². The Balaban J connectivity index is 1.80. The summed E-state index contributed by atoms with van der Waals surface area (Å²) in [5.41, 5.74) is 2.65. The van der Waals surface area contributed by atoms with Crippen LogP contribution in [0.4, 0.5) is 0 Å². The van der Waals surface area contributed by atoms with Crippen molar-refractivity contribution >= 4 is 0 Å². The second-order valence-corrected chi connectivity index (χ2v) is 7.45. The molecule has 1 aromatic carbocycles. The highest BCUT2D eigenvalue weighted by atomic mass is 15.3. The van der Waals surface area contributed by atoms with E-state index in [0.29, 0.717) is 0 Å². The Hall–Kier alpha value is -1.68. The smallest absolute Gasteiger partial charge is 0.165 e. The van der Waals surface area contributed by atoms with E-state index in [1.807, 2.05) is 11.7 Å². The lowest BCUT2D eigenvalue weighted by atomic mass is 9.87. The first-order chi connectivity index (χ1) is 10.3. The van der Waals surface area contributed by atoms with Gasteiger partial charge in [0.1, 0.15) is 0 Å². The van der Waals surface area contributed by atoms with Crippen LogP contribution < -0.4 is 0 Å². The van der Waals surface area contributed by atoms with Gasteiger partial charge < -0.3 is 0 Å². The maximum atomic E-state index is 4.73. The van der Waals surface area contributed by atoms with Crippen LogP contribution in [0.5, 0.6) is 0 Å². The molecule has 0 amide bonds. The Morgan fingerprint density at radius 3 is 2.36 bits per heavy atom. The normalized spacial score (nSPS) is 15.5. The summed E-state index contributed by atoms with van der Waals surface area (Å²) in [6.45, 7) is 7.53. The van der Waals surface area contributed by atoms with Gasteiger partial charge in [0.25, 0.3) is 0 Å². The molecule has 1 aliphatic rings. The van der Waals surface area contributed by atoms with Crippen molar-refractivity contribution in [1.82, 2.24) is 19.7 Å². The predicted octanol–water partition coefficient (Wildman–Crippen LogP) is 3.37. The van der Waals surface area contributed by atoms with Gasteiger partial charge in [-0.1, -0.05) is 45.0 Å². The minimum atomic E-state index is 0.177. The van der Waals surface area contributed by atoms with Crippen molar-refractivity contribution < 1.29 is 0 Å². The average Bonchev–Trinajstić information content (AvgIpc) is 3.23. The molecule has 118 valence electrons. The van der Waals surface area contributed by atoms with Crippen molar-refractivity contribution in [2.45, 2.75) is 51.6 Å². The molecule has 0 saturated heterocycles. The topological polar surface area (TPSA) is 34.0 Å². The number of aryl methyl sites for hydroxylation is 1. The van der Waals surface area contributed by atoms with Crippen LogP contribution >= 0.6 is 0 Å². The maximum Gasteiger partial charge on any atom is 0.165 e. The number of hydrogen-bond acceptors (Lipinski definition) is 3. The Kier molecular flexibility index (Phi) is 3.81. The number of aromatic nitrogens is 3. The highest BCUT2D eigenvalue weighted by molar-refractivity contribution is 5.56. The molecule has 0 N–H and O–H groups in total. The quantitative estimate of drug-likeness (QED) is 0.868. The molecule has 1 fully saturated rings. The van der Waals surface area contributed by atoms with E-state index >= 15 is 0 Å². The van der Waals surface area contributed by atoms with Gasteiger partial charge in [-0.05, 0) is 30.9 Å². The van der Waals surface area contributed by atoms with Crippen molar-refractivity contribution in [3.05, 3.63) is 35.7 Å². The summed E-state index contributed by atoms with van der Waals surface area (Å²) in [6, 6.07) is 9.43. The fourth-order valence-corrected chi connectivity index (χ4v) is 2.74. The summed E-state index contributed by atoms with van der Waals surface area (Å²) < 4.78 is 1.89. The molecule has 3 rings (SSSR count). The number of rotatable bonds is 4. The lowest BCUT2D eigenvalue weighted by Gasteiger charge is -2.19. The van der Waals surface area contributed by atoms with E-state index in [0.717, 1.165) is 29.8 Å². The molecule has 0 radical (unpaired) electrons.